The SMILES string of the molecule is NC(=NCCNC(=O)c1ccc(Cl)c(Cl)c1)Nc1ccc2c(c1)OCCCO2. The molecule has 0 atom stereocenters. The van der Waals surface area contributed by atoms with Crippen molar-refractivity contribution in [3.63, 3.8) is 0 Å². The number of nitrogens with zero attached hydrogens (tertiary/aromatic N) is 1. The molecule has 0 bridgehead atoms. The maximum absolute atomic E-state index is 12.1. The Morgan fingerprint density at radius 1 is 1.07 bits per heavy atom. The number of hydrogen-bond acceptors (Lipinski definition) is 4. The smallest absolute Gasteiger partial charge is 0.251 e. The van der Waals surface area contributed by atoms with Crippen molar-refractivity contribution in [3.05, 3.63) is 52.0 Å². The summed E-state index contributed by atoms with van der Waals surface area (Å²) in [7, 11) is 0. The molecule has 0 radical (unpaired) electrons. The lowest BCUT2D eigenvalue weighted by Gasteiger charge is -2.11. The van der Waals surface area contributed by atoms with Crippen LogP contribution in [0.15, 0.2) is 41.4 Å². The Bertz CT molecular complexity index is 889. The number of guanidine groups is 1. The second-order valence-corrected chi connectivity index (χ2v) is 6.80. The first-order valence-electron chi connectivity index (χ1n) is 8.73. The molecule has 1 aliphatic rings. The number of nitrogens with two attached hydrogens (primary N) is 1. The lowest BCUT2D eigenvalue weighted by atomic mass is 10.2. The summed E-state index contributed by atoms with van der Waals surface area (Å²) in [5.74, 6) is 1.36. The molecule has 0 spiro atoms. The van der Waals surface area contributed by atoms with Crippen LogP contribution in [0.1, 0.15) is 16.8 Å². The average Bonchev–Trinajstić information content (AvgIpc) is 2.92. The van der Waals surface area contributed by atoms with Crippen LogP contribution >= 0.6 is 23.2 Å². The van der Waals surface area contributed by atoms with Crippen molar-refractivity contribution in [3.8, 4) is 11.5 Å². The van der Waals surface area contributed by atoms with Gasteiger partial charge in [0.05, 0.1) is 29.8 Å². The average molecular weight is 423 g/mol. The number of hydrogen-bond donors (Lipinski definition) is 3. The van der Waals surface area contributed by atoms with Crippen molar-refractivity contribution in [2.45, 2.75) is 6.42 Å². The van der Waals surface area contributed by atoms with E-state index in [1.807, 2.05) is 18.2 Å². The highest BCUT2D eigenvalue weighted by Crippen LogP contribution is 2.32. The molecule has 1 amide bonds. The van der Waals surface area contributed by atoms with Crippen LogP contribution in [0.25, 0.3) is 0 Å². The minimum Gasteiger partial charge on any atom is -0.490 e. The maximum Gasteiger partial charge on any atom is 0.251 e. The van der Waals surface area contributed by atoms with E-state index in [1.54, 1.807) is 12.1 Å². The zero-order valence-corrected chi connectivity index (χ0v) is 16.5. The zero-order valence-electron chi connectivity index (χ0n) is 15.0. The van der Waals surface area contributed by atoms with Crippen molar-refractivity contribution in [1.29, 1.82) is 0 Å². The number of rotatable bonds is 5. The molecule has 2 aromatic rings. The molecule has 1 heterocycles. The van der Waals surface area contributed by atoms with E-state index in [2.05, 4.69) is 15.6 Å². The predicted octanol–water partition coefficient (Wildman–Crippen LogP) is 3.31. The number of carbonyl (C=O) groups excluding carboxylic acids is 1. The normalized spacial score (nSPS) is 13.6. The van der Waals surface area contributed by atoms with Crippen LogP contribution in [-0.2, 0) is 0 Å². The van der Waals surface area contributed by atoms with E-state index >= 15 is 0 Å². The summed E-state index contributed by atoms with van der Waals surface area (Å²) in [5.41, 5.74) is 7.07. The number of fused-ring (bicyclic) bond motifs is 1. The summed E-state index contributed by atoms with van der Waals surface area (Å²) in [4.78, 5) is 16.3. The molecule has 0 saturated carbocycles. The summed E-state index contributed by atoms with van der Waals surface area (Å²) in [6.07, 6.45) is 0.842. The van der Waals surface area contributed by atoms with Crippen LogP contribution in [0.4, 0.5) is 5.69 Å². The van der Waals surface area contributed by atoms with Gasteiger partial charge in [0.15, 0.2) is 17.5 Å². The van der Waals surface area contributed by atoms with E-state index in [9.17, 15) is 4.79 Å². The predicted molar refractivity (Wildman–Crippen MR) is 111 cm³/mol. The van der Waals surface area contributed by atoms with Gasteiger partial charge in [0, 0.05) is 30.3 Å². The van der Waals surface area contributed by atoms with Crippen LogP contribution in [0, 0.1) is 0 Å². The molecular weight excluding hydrogens is 403 g/mol. The number of ether oxygens (including phenoxy) is 2. The van der Waals surface area contributed by atoms with Gasteiger partial charge in [0.2, 0.25) is 0 Å². The van der Waals surface area contributed by atoms with Crippen molar-refractivity contribution in [1.82, 2.24) is 5.32 Å². The first kappa shape index (κ1) is 20.1. The number of amides is 1. The van der Waals surface area contributed by atoms with E-state index in [4.69, 9.17) is 38.4 Å². The quantitative estimate of drug-likeness (QED) is 0.390. The highest BCUT2D eigenvalue weighted by molar-refractivity contribution is 6.42. The Balaban J connectivity index is 1.48. The van der Waals surface area contributed by atoms with Crippen LogP contribution in [0.2, 0.25) is 10.0 Å². The second-order valence-electron chi connectivity index (χ2n) is 5.99. The van der Waals surface area contributed by atoms with E-state index < -0.39 is 0 Å². The minimum absolute atomic E-state index is 0.235. The molecule has 1 aliphatic heterocycles. The molecule has 0 unspecified atom stereocenters. The van der Waals surface area contributed by atoms with E-state index in [0.29, 0.717) is 53.4 Å². The van der Waals surface area contributed by atoms with E-state index in [0.717, 1.165) is 12.1 Å². The first-order valence-corrected chi connectivity index (χ1v) is 9.48. The molecule has 0 aromatic heterocycles. The van der Waals surface area contributed by atoms with E-state index in [-0.39, 0.29) is 11.9 Å². The van der Waals surface area contributed by atoms with Gasteiger partial charge >= 0.3 is 0 Å². The standard InChI is InChI=1S/C19H20Cl2N4O3/c20-14-4-2-12(10-15(14)21)18(26)23-6-7-24-19(22)25-13-3-5-16-17(11-13)28-9-1-8-27-16/h2-5,10-11H,1,6-9H2,(H,23,26)(H3,22,24,25). The molecule has 148 valence electrons. The largest absolute Gasteiger partial charge is 0.490 e. The maximum atomic E-state index is 12.1. The summed E-state index contributed by atoms with van der Waals surface area (Å²) < 4.78 is 11.2. The third-order valence-corrected chi connectivity index (χ3v) is 4.62. The van der Waals surface area contributed by atoms with Gasteiger partial charge in [-0.05, 0) is 30.3 Å². The van der Waals surface area contributed by atoms with Crippen molar-refractivity contribution < 1.29 is 14.3 Å². The van der Waals surface area contributed by atoms with Gasteiger partial charge in [-0.15, -0.1) is 0 Å². The highest BCUT2D eigenvalue weighted by Gasteiger charge is 2.11. The fraction of sp³-hybridized carbons (Fsp3) is 0.263. The zero-order chi connectivity index (χ0) is 19.9. The number of carbonyl (C=O) groups is 1. The molecule has 7 nitrogen and oxygen atoms in total. The van der Waals surface area contributed by atoms with Gasteiger partial charge < -0.3 is 25.8 Å². The molecule has 0 aliphatic carbocycles. The summed E-state index contributed by atoms with van der Waals surface area (Å²) in [5, 5.41) is 6.47. The van der Waals surface area contributed by atoms with Crippen LogP contribution in [-0.4, -0.2) is 38.2 Å². The molecule has 28 heavy (non-hydrogen) atoms. The molecule has 2 aromatic carbocycles. The molecule has 4 N–H and O–H groups in total. The number of aliphatic imine (C=N–C) groups is 1. The lowest BCUT2D eigenvalue weighted by molar-refractivity contribution is 0.0955. The number of nitrogens with one attached hydrogen (secondary N) is 2. The highest BCUT2D eigenvalue weighted by atomic mass is 35.5. The minimum atomic E-state index is -0.261. The molecule has 3 rings (SSSR count). The van der Waals surface area contributed by atoms with Crippen molar-refractivity contribution in [2.75, 3.05) is 31.6 Å². The van der Waals surface area contributed by atoms with Gasteiger partial charge in [-0.3, -0.25) is 9.79 Å². The number of halogens is 2. The Hall–Kier alpha value is -2.64. The summed E-state index contributed by atoms with van der Waals surface area (Å²) in [6, 6.07) is 10.2. The van der Waals surface area contributed by atoms with Crippen LogP contribution < -0.4 is 25.8 Å². The van der Waals surface area contributed by atoms with Gasteiger partial charge in [0.1, 0.15) is 0 Å². The van der Waals surface area contributed by atoms with Gasteiger partial charge in [-0.2, -0.15) is 0 Å². The van der Waals surface area contributed by atoms with Gasteiger partial charge in [0.25, 0.3) is 5.91 Å². The summed E-state index contributed by atoms with van der Waals surface area (Å²) >= 11 is 11.8. The number of benzene rings is 2. The Labute approximate surface area is 172 Å². The van der Waals surface area contributed by atoms with E-state index in [1.165, 1.54) is 6.07 Å². The number of anilines is 1. The van der Waals surface area contributed by atoms with Crippen molar-refractivity contribution >= 4 is 40.8 Å². The van der Waals surface area contributed by atoms with Gasteiger partial charge in [-0.1, -0.05) is 23.2 Å². The summed E-state index contributed by atoms with van der Waals surface area (Å²) in [6.45, 7) is 1.88. The van der Waals surface area contributed by atoms with Crippen molar-refractivity contribution in [2.24, 2.45) is 10.7 Å². The molecular formula is C19H20Cl2N4O3. The third-order valence-electron chi connectivity index (χ3n) is 3.88. The molecule has 9 heteroatoms. The lowest BCUT2D eigenvalue weighted by Crippen LogP contribution is -2.28. The fourth-order valence-corrected chi connectivity index (χ4v) is 2.81. The third kappa shape index (κ3) is 5.43. The Morgan fingerprint density at radius 2 is 1.86 bits per heavy atom. The van der Waals surface area contributed by atoms with Crippen LogP contribution in [0.3, 0.4) is 0 Å². The monoisotopic (exact) mass is 422 g/mol. The molecule has 0 fully saturated rings. The Morgan fingerprint density at radius 3 is 2.64 bits per heavy atom. The van der Waals surface area contributed by atoms with Crippen LogP contribution in [0.5, 0.6) is 11.5 Å². The first-order chi connectivity index (χ1) is 13.5. The topological polar surface area (TPSA) is 98.0 Å². The Kier molecular flexibility index (Phi) is 6.84. The molecule has 0 saturated heterocycles. The van der Waals surface area contributed by atoms with Gasteiger partial charge in [-0.25, -0.2) is 0 Å². The fourth-order valence-electron chi connectivity index (χ4n) is 2.51. The second kappa shape index (κ2) is 9.52.